The highest BCUT2D eigenvalue weighted by molar-refractivity contribution is 5.99. The van der Waals surface area contributed by atoms with E-state index in [9.17, 15) is 14.4 Å². The molecule has 35 heavy (non-hydrogen) atoms. The Morgan fingerprint density at radius 1 is 1.09 bits per heavy atom. The van der Waals surface area contributed by atoms with Gasteiger partial charge in [0.25, 0.3) is 0 Å². The number of fused-ring (bicyclic) bond motifs is 1. The van der Waals surface area contributed by atoms with Gasteiger partial charge in [0.1, 0.15) is 11.8 Å². The van der Waals surface area contributed by atoms with E-state index in [0.717, 1.165) is 16.9 Å². The molecule has 0 saturated heterocycles. The molecule has 9 heteroatoms. The number of hydrogen-bond acceptors (Lipinski definition) is 5. The molecule has 4 rings (SSSR count). The summed E-state index contributed by atoms with van der Waals surface area (Å²) in [6.45, 7) is 1.86. The molecule has 0 aliphatic carbocycles. The first-order valence-electron chi connectivity index (χ1n) is 11.0. The summed E-state index contributed by atoms with van der Waals surface area (Å²) in [6.07, 6.45) is 4.70. The zero-order chi connectivity index (χ0) is 24.8. The Morgan fingerprint density at radius 3 is 2.63 bits per heavy atom. The van der Waals surface area contributed by atoms with Crippen LogP contribution in [0.4, 0.5) is 5.69 Å². The Balaban J connectivity index is 1.35. The number of benzene rings is 2. The highest BCUT2D eigenvalue weighted by Crippen LogP contribution is 2.13. The van der Waals surface area contributed by atoms with E-state index in [1.165, 1.54) is 15.2 Å². The van der Waals surface area contributed by atoms with Crippen molar-refractivity contribution in [3.05, 3.63) is 101 Å². The van der Waals surface area contributed by atoms with E-state index >= 15 is 0 Å². The molecule has 2 heterocycles. The van der Waals surface area contributed by atoms with Gasteiger partial charge in [0.05, 0.1) is 13.7 Å². The number of amides is 2. The van der Waals surface area contributed by atoms with Crippen LogP contribution in [0.2, 0.25) is 0 Å². The normalized spacial score (nSPS) is 11.9. The molecule has 178 valence electrons. The summed E-state index contributed by atoms with van der Waals surface area (Å²) in [7, 11) is 1.59. The average molecular weight is 472 g/mol. The number of ether oxygens (including phenoxy) is 1. The summed E-state index contributed by atoms with van der Waals surface area (Å²) in [6, 6.07) is 19.0. The van der Waals surface area contributed by atoms with E-state index < -0.39 is 6.04 Å². The predicted molar refractivity (Wildman–Crippen MR) is 133 cm³/mol. The maximum atomic E-state index is 12.6. The van der Waals surface area contributed by atoms with Gasteiger partial charge in [-0.25, -0.2) is 9.48 Å². The number of nitrogens with one attached hydrogen (secondary N) is 2. The lowest BCUT2D eigenvalue weighted by molar-refractivity contribution is -0.123. The first kappa shape index (κ1) is 23.5. The van der Waals surface area contributed by atoms with Crippen LogP contribution in [-0.2, 0) is 16.1 Å². The molecule has 2 aromatic heterocycles. The van der Waals surface area contributed by atoms with Gasteiger partial charge in [-0.2, -0.15) is 0 Å². The molecule has 9 nitrogen and oxygen atoms in total. The fraction of sp³-hybridized carbons (Fsp3) is 0.154. The second kappa shape index (κ2) is 10.5. The summed E-state index contributed by atoms with van der Waals surface area (Å²) in [5, 5.41) is 9.77. The van der Waals surface area contributed by atoms with Crippen LogP contribution in [0.1, 0.15) is 18.1 Å². The molecule has 0 aliphatic rings. The Bertz CT molecular complexity index is 1440. The summed E-state index contributed by atoms with van der Waals surface area (Å²) >= 11 is 0. The van der Waals surface area contributed by atoms with Gasteiger partial charge >= 0.3 is 5.69 Å². The first-order chi connectivity index (χ1) is 16.9. The van der Waals surface area contributed by atoms with Crippen LogP contribution < -0.4 is 21.1 Å². The van der Waals surface area contributed by atoms with Gasteiger partial charge in [0, 0.05) is 18.0 Å². The third kappa shape index (κ3) is 5.83. The maximum Gasteiger partial charge on any atom is 0.350 e. The van der Waals surface area contributed by atoms with Gasteiger partial charge in [-0.1, -0.05) is 30.3 Å². The van der Waals surface area contributed by atoms with Crippen LogP contribution in [0.25, 0.3) is 11.7 Å². The monoisotopic (exact) mass is 471 g/mol. The van der Waals surface area contributed by atoms with E-state index in [1.807, 2.05) is 24.3 Å². The summed E-state index contributed by atoms with van der Waals surface area (Å²) in [5.41, 5.74) is 2.51. The molecule has 0 spiro atoms. The van der Waals surface area contributed by atoms with E-state index in [0.29, 0.717) is 11.3 Å². The Labute approximate surface area is 201 Å². The topological polar surface area (TPSA) is 107 Å². The van der Waals surface area contributed by atoms with E-state index in [-0.39, 0.29) is 24.0 Å². The van der Waals surface area contributed by atoms with Gasteiger partial charge in [-0.3, -0.25) is 14.0 Å². The van der Waals surface area contributed by atoms with Crippen LogP contribution >= 0.6 is 0 Å². The SMILES string of the molecule is COc1ccc(C=CC(=O)NC(C)C(=O)Nc2cccc(Cn3nc4ccccn4c3=O)c2)cc1. The third-order valence-electron chi connectivity index (χ3n) is 5.31. The molecule has 1 unspecified atom stereocenters. The quantitative estimate of drug-likeness (QED) is 0.384. The van der Waals surface area contributed by atoms with Gasteiger partial charge in [-0.15, -0.1) is 5.10 Å². The third-order valence-corrected chi connectivity index (χ3v) is 5.31. The van der Waals surface area contributed by atoms with E-state index in [4.69, 9.17) is 4.74 Å². The van der Waals surface area contributed by atoms with Crippen molar-refractivity contribution < 1.29 is 14.3 Å². The van der Waals surface area contributed by atoms with Crippen LogP contribution in [0.15, 0.2) is 83.8 Å². The van der Waals surface area contributed by atoms with Crippen molar-refractivity contribution >= 4 is 29.2 Å². The molecule has 4 aromatic rings. The Hall–Kier alpha value is -4.66. The van der Waals surface area contributed by atoms with E-state index in [2.05, 4.69) is 15.7 Å². The molecule has 2 N–H and O–H groups in total. The summed E-state index contributed by atoms with van der Waals surface area (Å²) in [5.74, 6) is -0.0203. The smallest absolute Gasteiger partial charge is 0.350 e. The Kier molecular flexibility index (Phi) is 7.06. The molecule has 0 radical (unpaired) electrons. The van der Waals surface area contributed by atoms with Crippen LogP contribution in [-0.4, -0.2) is 39.1 Å². The molecule has 0 saturated carbocycles. The van der Waals surface area contributed by atoms with Crippen molar-refractivity contribution in [1.29, 1.82) is 0 Å². The van der Waals surface area contributed by atoms with Crippen molar-refractivity contribution in [3.63, 3.8) is 0 Å². The van der Waals surface area contributed by atoms with Gasteiger partial charge in [0.2, 0.25) is 11.8 Å². The highest BCUT2D eigenvalue weighted by atomic mass is 16.5. The fourth-order valence-corrected chi connectivity index (χ4v) is 3.46. The zero-order valence-electron chi connectivity index (χ0n) is 19.3. The molecule has 0 bridgehead atoms. The summed E-state index contributed by atoms with van der Waals surface area (Å²) < 4.78 is 7.95. The molecule has 1 atom stereocenters. The molecule has 0 aliphatic heterocycles. The molecule has 0 fully saturated rings. The van der Waals surface area contributed by atoms with Crippen LogP contribution in [0, 0.1) is 0 Å². The lowest BCUT2D eigenvalue weighted by atomic mass is 10.2. The average Bonchev–Trinajstić information content (AvgIpc) is 3.18. The summed E-state index contributed by atoms with van der Waals surface area (Å²) in [4.78, 5) is 37.3. The standard InChI is InChI=1S/C26H25N5O4/c1-18(27-24(32)14-11-19-9-12-22(35-2)13-10-19)25(33)28-21-7-5-6-20(16-21)17-31-26(34)30-15-4-3-8-23(30)29-31/h3-16,18H,17H2,1-2H3,(H,27,32)(H,28,33). The molecular formula is C26H25N5O4. The van der Waals surface area contributed by atoms with Crippen LogP contribution in [0.3, 0.4) is 0 Å². The number of carbonyl (C=O) groups excluding carboxylic acids is 2. The number of hydrogen-bond donors (Lipinski definition) is 2. The van der Waals surface area contributed by atoms with Crippen LogP contribution in [0.5, 0.6) is 5.75 Å². The van der Waals surface area contributed by atoms with Gasteiger partial charge in [0.15, 0.2) is 5.65 Å². The minimum atomic E-state index is -0.757. The predicted octanol–water partition coefficient (Wildman–Crippen LogP) is 2.71. The number of methoxy groups -OCH3 is 1. The second-order valence-corrected chi connectivity index (χ2v) is 7.90. The second-order valence-electron chi connectivity index (χ2n) is 7.90. The lowest BCUT2D eigenvalue weighted by Gasteiger charge is -2.13. The van der Waals surface area contributed by atoms with Crippen molar-refractivity contribution in [3.8, 4) is 5.75 Å². The fourth-order valence-electron chi connectivity index (χ4n) is 3.46. The van der Waals surface area contributed by atoms with Crippen molar-refractivity contribution in [2.24, 2.45) is 0 Å². The molecule has 2 aromatic carbocycles. The van der Waals surface area contributed by atoms with Crippen molar-refractivity contribution in [1.82, 2.24) is 19.5 Å². The number of carbonyl (C=O) groups is 2. The number of anilines is 1. The number of pyridine rings is 1. The maximum absolute atomic E-state index is 12.6. The minimum Gasteiger partial charge on any atom is -0.497 e. The number of nitrogens with zero attached hydrogens (tertiary/aromatic N) is 3. The Morgan fingerprint density at radius 2 is 1.89 bits per heavy atom. The molecular weight excluding hydrogens is 446 g/mol. The largest absolute Gasteiger partial charge is 0.497 e. The number of rotatable bonds is 8. The van der Waals surface area contributed by atoms with Gasteiger partial charge in [-0.05, 0) is 60.5 Å². The first-order valence-corrected chi connectivity index (χ1v) is 11.0. The minimum absolute atomic E-state index is 0.242. The van der Waals surface area contributed by atoms with Crippen molar-refractivity contribution in [2.45, 2.75) is 19.5 Å². The van der Waals surface area contributed by atoms with E-state index in [1.54, 1.807) is 68.8 Å². The van der Waals surface area contributed by atoms with Crippen molar-refractivity contribution in [2.75, 3.05) is 12.4 Å². The molecule has 2 amide bonds. The van der Waals surface area contributed by atoms with Gasteiger partial charge < -0.3 is 15.4 Å². The highest BCUT2D eigenvalue weighted by Gasteiger charge is 2.15. The number of aromatic nitrogens is 3. The lowest BCUT2D eigenvalue weighted by Crippen LogP contribution is -2.40. The zero-order valence-corrected chi connectivity index (χ0v) is 19.3.